The van der Waals surface area contributed by atoms with E-state index in [0.717, 1.165) is 0 Å². The second-order valence-corrected chi connectivity index (χ2v) is 49.9. The molecule has 18 rings (SSSR count). The molecule has 10 aliphatic heterocycles. The van der Waals surface area contributed by atoms with Crippen molar-refractivity contribution in [3.8, 4) is 0 Å². The van der Waals surface area contributed by atoms with Gasteiger partial charge in [-0.3, -0.25) is 0 Å². The van der Waals surface area contributed by atoms with E-state index in [1.807, 2.05) is 0 Å². The van der Waals surface area contributed by atoms with Crippen molar-refractivity contribution in [1.29, 1.82) is 0 Å². The third kappa shape index (κ3) is 0.765. The van der Waals surface area contributed by atoms with Crippen molar-refractivity contribution in [2.45, 2.75) is 42.3 Å². The summed E-state index contributed by atoms with van der Waals surface area (Å²) in [6, 6.07) is 99.1. The molecule has 10 heterocycles. The number of fused-ring (bicyclic) bond motifs is 10. The van der Waals surface area contributed by atoms with Gasteiger partial charge in [0.15, 0.2) is 0 Å². The fraction of sp³-hybridized carbons (Fsp3) is 0.172. The van der Waals surface area contributed by atoms with Crippen LogP contribution in [0.1, 0.15) is 44.5 Å². The van der Waals surface area contributed by atoms with E-state index in [1.165, 1.54) is 0 Å². The first-order valence-corrected chi connectivity index (χ1v) is 29.4. The topological polar surface area (TPSA) is 0 Å². The Morgan fingerprint density at radius 3 is 0.525 bits per heavy atom. The Morgan fingerprint density at radius 2 is 0.356 bits per heavy atom. The number of hydrogen-bond acceptors (Lipinski definition) is 0. The van der Waals surface area contributed by atoms with Crippen molar-refractivity contribution in [2.24, 2.45) is 0 Å². The molecule has 0 N–H and O–H groups in total. The van der Waals surface area contributed by atoms with Gasteiger partial charge in [0.25, 0.3) is 0 Å². The van der Waals surface area contributed by atoms with E-state index in [0.29, 0.717) is 9.26 Å². The summed E-state index contributed by atoms with van der Waals surface area (Å²) in [5, 5.41) is 0. The van der Waals surface area contributed by atoms with Crippen LogP contribution < -0.4 is 0 Å². The van der Waals surface area contributed by atoms with Crippen LogP contribution in [0.3, 0.4) is 0 Å². The van der Waals surface area contributed by atoms with Gasteiger partial charge in [0, 0.05) is 0 Å². The Balaban J connectivity index is 1.27. The molecular formula is C58H42V. The third-order valence-electron chi connectivity index (χ3n) is 29.1. The Hall–Kier alpha value is -5.66. The SMILES string of the molecule is c1ccc([C]23[CH]4[C]5(c6ccccc6)[C]6(c7ccccc7)[C]2(c2ccccc2)[V]43562789[CH]3[C]2(c2ccccc2)[C]7(c2ccccc2)[C]8(c2ccccc2)[C]39c2ccccc2)cc1. The van der Waals surface area contributed by atoms with Crippen molar-refractivity contribution in [2.75, 3.05) is 0 Å². The number of hydrogen-bond donors (Lipinski definition) is 0. The zero-order chi connectivity index (χ0) is 38.4. The Kier molecular flexibility index (Phi) is 2.79. The van der Waals surface area contributed by atoms with Gasteiger partial charge < -0.3 is 0 Å². The van der Waals surface area contributed by atoms with Crippen molar-refractivity contribution < 1.29 is 7.25 Å². The molecule has 10 fully saturated rings. The van der Waals surface area contributed by atoms with Crippen LogP contribution in [0.25, 0.3) is 0 Å². The minimum atomic E-state index is -6.97. The molecule has 0 bridgehead atoms. The maximum atomic E-state index is 2.65. The van der Waals surface area contributed by atoms with Crippen molar-refractivity contribution in [1.82, 2.24) is 0 Å². The molecule has 59 heavy (non-hydrogen) atoms. The van der Waals surface area contributed by atoms with E-state index in [9.17, 15) is 0 Å². The van der Waals surface area contributed by atoms with Gasteiger partial charge in [-0.15, -0.1) is 0 Å². The molecule has 0 radical (unpaired) electrons. The quantitative estimate of drug-likeness (QED) is 0.144. The van der Waals surface area contributed by atoms with Gasteiger partial charge in [-0.05, 0) is 0 Å². The van der Waals surface area contributed by atoms with E-state index < -0.39 is 7.25 Å². The first kappa shape index (κ1) is 29.5. The predicted molar refractivity (Wildman–Crippen MR) is 232 cm³/mol. The molecule has 8 aromatic carbocycles. The molecule has 0 amide bonds. The van der Waals surface area contributed by atoms with Gasteiger partial charge in [0.2, 0.25) is 0 Å². The van der Waals surface area contributed by atoms with Crippen molar-refractivity contribution in [3.05, 3.63) is 287 Å². The fourth-order valence-corrected chi connectivity index (χ4v) is 155. The van der Waals surface area contributed by atoms with Gasteiger partial charge in [-0.1, -0.05) is 0 Å². The van der Waals surface area contributed by atoms with Crippen LogP contribution in [-0.2, 0) is 40.3 Å². The van der Waals surface area contributed by atoms with Gasteiger partial charge in [0.1, 0.15) is 0 Å². The molecular weight excluding hydrogens is 748 g/mol. The van der Waals surface area contributed by atoms with Crippen LogP contribution in [-0.4, -0.2) is 0 Å². The average Bonchev–Trinajstić information content (AvgIpc) is 4.30. The standard InChI is InChI=1S/2C29H21.V/c2*1-5-13-22(14-6-1)26-21-27(23-15-7-2-8-16-23)29(25-19-11-4-12-20-25)28(26)24-17-9-3-10-18-24;/h2*1-21H;. The summed E-state index contributed by atoms with van der Waals surface area (Å²) in [5.41, 5.74) is 13.2. The second kappa shape index (κ2) is 5.57. The van der Waals surface area contributed by atoms with E-state index in [4.69, 9.17) is 0 Å². The summed E-state index contributed by atoms with van der Waals surface area (Å²) in [4.78, 5) is 0. The zero-order valence-corrected chi connectivity index (χ0v) is 34.1. The van der Waals surface area contributed by atoms with Crippen LogP contribution in [0.2, 0.25) is 9.26 Å². The molecule has 10 aliphatic rings. The van der Waals surface area contributed by atoms with E-state index in [-0.39, 0.29) is 33.0 Å². The molecule has 1 spiro atoms. The molecule has 0 saturated carbocycles. The fourth-order valence-electron chi connectivity index (χ4n) is 36.9. The van der Waals surface area contributed by atoms with Crippen LogP contribution in [0.5, 0.6) is 0 Å². The Morgan fingerprint density at radius 1 is 0.203 bits per heavy atom. The predicted octanol–water partition coefficient (Wildman–Crippen LogP) is 12.2. The van der Waals surface area contributed by atoms with Crippen LogP contribution in [0, 0.1) is 0 Å². The van der Waals surface area contributed by atoms with Crippen LogP contribution >= 0.6 is 0 Å². The third-order valence-corrected chi connectivity index (χ3v) is 86.3. The molecule has 1 heteroatoms. The molecule has 8 atom stereocenters. The summed E-state index contributed by atoms with van der Waals surface area (Å²) in [7, 11) is -6.97. The molecule has 0 aromatic heterocycles. The van der Waals surface area contributed by atoms with Gasteiger partial charge in [-0.25, -0.2) is 0 Å². The molecule has 10 saturated heterocycles. The summed E-state index contributed by atoms with van der Waals surface area (Å²) in [6.45, 7) is 0. The Labute approximate surface area is 334 Å². The Bertz CT molecular complexity index is 3190. The first-order chi connectivity index (χ1) is 29.1. The number of benzene rings is 8. The van der Waals surface area contributed by atoms with Crippen molar-refractivity contribution >= 4 is 0 Å². The van der Waals surface area contributed by atoms with Gasteiger partial charge >= 0.3 is 337 Å². The van der Waals surface area contributed by atoms with Crippen LogP contribution in [0.15, 0.2) is 243 Å². The maximum absolute atomic E-state index is 6.97. The normalized spacial score (nSPS) is 51.1. The molecule has 8 aromatic rings. The monoisotopic (exact) mass is 789 g/mol. The van der Waals surface area contributed by atoms with E-state index in [2.05, 4.69) is 243 Å². The summed E-state index contributed by atoms with van der Waals surface area (Å²) in [5.74, 6) is 0. The van der Waals surface area contributed by atoms with E-state index >= 15 is 0 Å². The van der Waals surface area contributed by atoms with Gasteiger partial charge in [-0.2, -0.15) is 0 Å². The molecule has 8 unspecified atom stereocenters. The molecule has 0 nitrogen and oxygen atoms in total. The van der Waals surface area contributed by atoms with E-state index in [1.54, 1.807) is 44.5 Å². The summed E-state index contributed by atoms with van der Waals surface area (Å²) < 4.78 is 0.904. The summed E-state index contributed by atoms with van der Waals surface area (Å²) >= 11 is 0. The average molecular weight is 790 g/mol. The van der Waals surface area contributed by atoms with Crippen LogP contribution in [0.4, 0.5) is 0 Å². The van der Waals surface area contributed by atoms with Crippen molar-refractivity contribution in [3.63, 3.8) is 0 Å². The summed E-state index contributed by atoms with van der Waals surface area (Å²) in [6.07, 6.45) is 0. The second-order valence-electron chi connectivity index (χ2n) is 23.0. The number of rotatable bonds is 8. The molecule has 279 valence electrons. The van der Waals surface area contributed by atoms with Gasteiger partial charge in [0.05, 0.1) is 0 Å². The zero-order valence-electron chi connectivity index (χ0n) is 32.7. The molecule has 0 aliphatic carbocycles. The first-order valence-electron chi connectivity index (χ1n) is 22.2. The minimum absolute atomic E-state index is 0.00261.